The number of carboxylic acids is 1. The van der Waals surface area contributed by atoms with Gasteiger partial charge in [0, 0.05) is 25.6 Å². The van der Waals surface area contributed by atoms with Gasteiger partial charge >= 0.3 is 5.97 Å². The fourth-order valence-corrected chi connectivity index (χ4v) is 1.44. The minimum absolute atomic E-state index is 0.0310. The molecule has 18 heavy (non-hydrogen) atoms. The van der Waals surface area contributed by atoms with Crippen molar-refractivity contribution >= 4 is 11.9 Å². The number of halogens is 1. The summed E-state index contributed by atoms with van der Waals surface area (Å²) in [5.41, 5.74) is 0.449. The third-order valence-electron chi connectivity index (χ3n) is 2.30. The fraction of sp³-hybridized carbons (Fsp3) is 0.333. The number of benzene rings is 1. The van der Waals surface area contributed by atoms with E-state index < -0.39 is 17.9 Å². The number of hydrogen-bond donors (Lipinski definition) is 3. The highest BCUT2D eigenvalue weighted by atomic mass is 19.1. The van der Waals surface area contributed by atoms with Gasteiger partial charge in [0.05, 0.1) is 0 Å². The average Bonchev–Trinajstić information content (AvgIpc) is 2.29. The molecule has 98 valence electrons. The second kappa shape index (κ2) is 6.70. The molecule has 3 N–H and O–H groups in total. The van der Waals surface area contributed by atoms with Crippen LogP contribution in [0.3, 0.4) is 0 Å². The molecule has 0 aliphatic rings. The first-order valence-corrected chi connectivity index (χ1v) is 5.44. The van der Waals surface area contributed by atoms with Crippen LogP contribution in [0.2, 0.25) is 0 Å². The van der Waals surface area contributed by atoms with Gasteiger partial charge in [-0.15, -0.1) is 0 Å². The van der Waals surface area contributed by atoms with Crippen molar-refractivity contribution in [3.63, 3.8) is 0 Å². The minimum atomic E-state index is -1.13. The molecule has 0 radical (unpaired) electrons. The summed E-state index contributed by atoms with van der Waals surface area (Å²) in [4.78, 5) is 21.6. The molecule has 0 aliphatic carbocycles. The number of aliphatic carboxylic acids is 1. The Bertz CT molecular complexity index is 437. The second-order valence-corrected chi connectivity index (χ2v) is 3.81. The lowest BCUT2D eigenvalue weighted by Gasteiger charge is -2.14. The lowest BCUT2D eigenvalue weighted by Crippen LogP contribution is -2.46. The largest absolute Gasteiger partial charge is 0.480 e. The van der Waals surface area contributed by atoms with Crippen LogP contribution in [-0.4, -0.2) is 29.6 Å². The van der Waals surface area contributed by atoms with Crippen molar-refractivity contribution in [2.45, 2.75) is 19.5 Å². The maximum Gasteiger partial charge on any atom is 0.327 e. The predicted molar refractivity (Wildman–Crippen MR) is 63.3 cm³/mol. The number of carboxylic acid groups (broad SMARTS) is 1. The van der Waals surface area contributed by atoms with Crippen LogP contribution in [0.1, 0.15) is 12.5 Å². The highest BCUT2D eigenvalue weighted by Gasteiger charge is 2.17. The van der Waals surface area contributed by atoms with Crippen molar-refractivity contribution in [1.82, 2.24) is 10.6 Å². The Morgan fingerprint density at radius 1 is 1.39 bits per heavy atom. The normalized spacial score (nSPS) is 11.9. The van der Waals surface area contributed by atoms with Gasteiger partial charge in [0.25, 0.3) is 0 Å². The Morgan fingerprint density at radius 2 is 2.06 bits per heavy atom. The SMILES string of the molecule is CC(=O)NC(CNCc1ccccc1F)C(=O)O. The molecule has 0 aromatic heterocycles. The molecule has 1 unspecified atom stereocenters. The van der Waals surface area contributed by atoms with Crippen LogP contribution in [0.5, 0.6) is 0 Å². The summed E-state index contributed by atoms with van der Waals surface area (Å²) in [6, 6.07) is 5.20. The monoisotopic (exact) mass is 254 g/mol. The molecule has 1 aromatic carbocycles. The Balaban J connectivity index is 2.46. The lowest BCUT2D eigenvalue weighted by atomic mass is 10.2. The summed E-state index contributed by atoms with van der Waals surface area (Å²) in [7, 11) is 0. The van der Waals surface area contributed by atoms with Crippen LogP contribution < -0.4 is 10.6 Å². The Kier molecular flexibility index (Phi) is 5.26. The Morgan fingerprint density at radius 3 is 2.61 bits per heavy atom. The number of amides is 1. The predicted octanol–water partition coefficient (Wildman–Crippen LogP) is 0.505. The molecule has 0 aliphatic heterocycles. The average molecular weight is 254 g/mol. The molecule has 1 amide bonds. The summed E-state index contributed by atoms with van der Waals surface area (Å²) in [6.07, 6.45) is 0. The summed E-state index contributed by atoms with van der Waals surface area (Å²) in [6.45, 7) is 1.48. The third-order valence-corrected chi connectivity index (χ3v) is 2.30. The first-order chi connectivity index (χ1) is 8.50. The molecule has 1 rings (SSSR count). The van der Waals surface area contributed by atoms with Crippen LogP contribution >= 0.6 is 0 Å². The Hall–Kier alpha value is -1.95. The Labute approximate surface area is 104 Å². The molecule has 0 bridgehead atoms. The molecule has 6 heteroatoms. The lowest BCUT2D eigenvalue weighted by molar-refractivity contribution is -0.141. The minimum Gasteiger partial charge on any atom is -0.480 e. The zero-order valence-electron chi connectivity index (χ0n) is 9.94. The van der Waals surface area contributed by atoms with Crippen LogP contribution in [0, 0.1) is 5.82 Å². The molecule has 0 heterocycles. The number of nitrogens with one attached hydrogen (secondary N) is 2. The molecule has 5 nitrogen and oxygen atoms in total. The van der Waals surface area contributed by atoms with Crippen molar-refractivity contribution in [1.29, 1.82) is 0 Å². The first-order valence-electron chi connectivity index (χ1n) is 5.44. The first kappa shape index (κ1) is 14.1. The van der Waals surface area contributed by atoms with Crippen LogP contribution in [0.4, 0.5) is 4.39 Å². The third kappa shape index (κ3) is 4.50. The number of carbonyl (C=O) groups excluding carboxylic acids is 1. The van der Waals surface area contributed by atoms with E-state index in [1.165, 1.54) is 13.0 Å². The summed E-state index contributed by atoms with van der Waals surface area (Å²) < 4.78 is 13.3. The van der Waals surface area contributed by atoms with E-state index >= 15 is 0 Å². The van der Waals surface area contributed by atoms with Gasteiger partial charge in [-0.25, -0.2) is 9.18 Å². The van der Waals surface area contributed by atoms with Crippen LogP contribution in [0.15, 0.2) is 24.3 Å². The van der Waals surface area contributed by atoms with E-state index in [4.69, 9.17) is 5.11 Å². The highest BCUT2D eigenvalue weighted by Crippen LogP contribution is 2.05. The molecule has 1 aromatic rings. The van der Waals surface area contributed by atoms with Crippen molar-refractivity contribution in [2.24, 2.45) is 0 Å². The van der Waals surface area contributed by atoms with E-state index in [-0.39, 0.29) is 18.9 Å². The van der Waals surface area contributed by atoms with E-state index in [1.807, 2.05) is 0 Å². The van der Waals surface area contributed by atoms with Gasteiger partial charge in [-0.1, -0.05) is 18.2 Å². The molecule has 0 saturated carbocycles. The number of hydrogen-bond acceptors (Lipinski definition) is 3. The molecule has 0 saturated heterocycles. The van der Waals surface area contributed by atoms with E-state index in [9.17, 15) is 14.0 Å². The molecular weight excluding hydrogens is 239 g/mol. The van der Waals surface area contributed by atoms with E-state index in [0.29, 0.717) is 5.56 Å². The zero-order chi connectivity index (χ0) is 13.5. The quantitative estimate of drug-likeness (QED) is 0.691. The summed E-state index contributed by atoms with van der Waals surface area (Å²) >= 11 is 0. The topological polar surface area (TPSA) is 78.4 Å². The van der Waals surface area contributed by atoms with E-state index in [0.717, 1.165) is 0 Å². The van der Waals surface area contributed by atoms with Crippen molar-refractivity contribution in [3.05, 3.63) is 35.6 Å². The van der Waals surface area contributed by atoms with Crippen molar-refractivity contribution < 1.29 is 19.1 Å². The summed E-state index contributed by atoms with van der Waals surface area (Å²) in [5, 5.41) is 13.9. The van der Waals surface area contributed by atoms with Gasteiger partial charge in [0.1, 0.15) is 11.9 Å². The van der Waals surface area contributed by atoms with Gasteiger partial charge in [-0.2, -0.15) is 0 Å². The van der Waals surface area contributed by atoms with Gasteiger partial charge in [-0.3, -0.25) is 4.79 Å². The maximum absolute atomic E-state index is 13.3. The van der Waals surface area contributed by atoms with Crippen LogP contribution in [0.25, 0.3) is 0 Å². The standard InChI is InChI=1S/C12H15FN2O3/c1-8(16)15-11(12(17)18)7-14-6-9-4-2-3-5-10(9)13/h2-5,11,14H,6-7H2,1H3,(H,15,16)(H,17,18). The number of rotatable bonds is 6. The van der Waals surface area contributed by atoms with Gasteiger partial charge in [0.2, 0.25) is 5.91 Å². The summed E-state index contributed by atoms with van der Waals surface area (Å²) in [5.74, 6) is -1.90. The van der Waals surface area contributed by atoms with Crippen molar-refractivity contribution in [2.75, 3.05) is 6.54 Å². The van der Waals surface area contributed by atoms with Crippen LogP contribution in [-0.2, 0) is 16.1 Å². The maximum atomic E-state index is 13.3. The molecular formula is C12H15FN2O3. The van der Waals surface area contributed by atoms with Gasteiger partial charge in [-0.05, 0) is 6.07 Å². The van der Waals surface area contributed by atoms with Gasteiger partial charge in [0.15, 0.2) is 0 Å². The fourth-order valence-electron chi connectivity index (χ4n) is 1.44. The van der Waals surface area contributed by atoms with E-state index in [2.05, 4.69) is 10.6 Å². The molecule has 0 spiro atoms. The second-order valence-electron chi connectivity index (χ2n) is 3.81. The highest BCUT2D eigenvalue weighted by molar-refractivity contribution is 5.82. The zero-order valence-corrected chi connectivity index (χ0v) is 9.94. The molecule has 1 atom stereocenters. The molecule has 0 fully saturated rings. The van der Waals surface area contributed by atoms with Gasteiger partial charge < -0.3 is 15.7 Å². The van der Waals surface area contributed by atoms with Crippen molar-refractivity contribution in [3.8, 4) is 0 Å². The van der Waals surface area contributed by atoms with E-state index in [1.54, 1.807) is 18.2 Å². The smallest absolute Gasteiger partial charge is 0.327 e. The number of carbonyl (C=O) groups is 2.